The zero-order chi connectivity index (χ0) is 22.9. The molecule has 2 unspecified atom stereocenters. The van der Waals surface area contributed by atoms with Gasteiger partial charge in [0.25, 0.3) is 5.91 Å². The number of halogens is 1. The maximum Gasteiger partial charge on any atom is 0.270 e. The van der Waals surface area contributed by atoms with Crippen molar-refractivity contribution in [2.75, 3.05) is 37.6 Å². The minimum atomic E-state index is -0.922. The van der Waals surface area contributed by atoms with Gasteiger partial charge >= 0.3 is 0 Å². The molecular formula is C24H29FN6O2. The molecule has 1 saturated carbocycles. The molecule has 174 valence electrons. The summed E-state index contributed by atoms with van der Waals surface area (Å²) < 4.78 is 13.0. The number of nitrogens with zero attached hydrogens (tertiary/aromatic N) is 4. The number of carbonyl (C=O) groups excluding carboxylic acids is 2. The molecule has 1 saturated heterocycles. The Hall–Kier alpha value is -3.07. The number of fused-ring (bicyclic) bond motifs is 1. The SMILES string of the molecule is CCC1=CC2N=CC(CN3CCN(c4ccc(C(=O)N[C@@H]5C[C@@H]5F)nc4)CC3)=CC2NC1=O. The number of anilines is 1. The molecule has 33 heavy (non-hydrogen) atoms. The van der Waals surface area contributed by atoms with E-state index in [-0.39, 0.29) is 29.9 Å². The molecule has 4 heterocycles. The summed E-state index contributed by atoms with van der Waals surface area (Å²) >= 11 is 0. The van der Waals surface area contributed by atoms with Gasteiger partial charge in [0, 0.05) is 50.9 Å². The summed E-state index contributed by atoms with van der Waals surface area (Å²) in [6.07, 6.45) is 7.96. The number of piperazine rings is 1. The van der Waals surface area contributed by atoms with E-state index in [4.69, 9.17) is 0 Å². The van der Waals surface area contributed by atoms with Crippen LogP contribution in [0.5, 0.6) is 0 Å². The molecule has 0 radical (unpaired) electrons. The van der Waals surface area contributed by atoms with Gasteiger partial charge in [0.1, 0.15) is 11.9 Å². The van der Waals surface area contributed by atoms with Crippen molar-refractivity contribution in [2.24, 2.45) is 4.99 Å². The van der Waals surface area contributed by atoms with Gasteiger partial charge in [0.15, 0.2) is 0 Å². The third-order valence-electron chi connectivity index (χ3n) is 6.67. The molecule has 4 atom stereocenters. The van der Waals surface area contributed by atoms with Gasteiger partial charge in [-0.15, -0.1) is 0 Å². The number of alkyl halides is 1. The van der Waals surface area contributed by atoms with E-state index in [9.17, 15) is 14.0 Å². The highest BCUT2D eigenvalue weighted by atomic mass is 19.1. The number of aromatic nitrogens is 1. The quantitative estimate of drug-likeness (QED) is 0.678. The van der Waals surface area contributed by atoms with Crippen LogP contribution in [0.15, 0.2) is 46.6 Å². The van der Waals surface area contributed by atoms with Crippen molar-refractivity contribution >= 4 is 23.7 Å². The third-order valence-corrected chi connectivity index (χ3v) is 6.67. The smallest absolute Gasteiger partial charge is 0.270 e. The second-order valence-corrected chi connectivity index (χ2v) is 9.05. The van der Waals surface area contributed by atoms with Crippen molar-refractivity contribution < 1.29 is 14.0 Å². The molecule has 1 aromatic rings. The monoisotopic (exact) mass is 452 g/mol. The number of dihydropyridines is 1. The lowest BCUT2D eigenvalue weighted by Gasteiger charge is -2.37. The molecule has 0 bridgehead atoms. The van der Waals surface area contributed by atoms with Crippen LogP contribution in [0.4, 0.5) is 10.1 Å². The average molecular weight is 453 g/mol. The Morgan fingerprint density at radius 2 is 2.03 bits per heavy atom. The van der Waals surface area contributed by atoms with Gasteiger partial charge < -0.3 is 15.5 Å². The third kappa shape index (κ3) is 4.83. The number of nitrogens with one attached hydrogen (secondary N) is 2. The molecule has 2 fully saturated rings. The Bertz CT molecular complexity index is 1010. The van der Waals surface area contributed by atoms with Gasteiger partial charge in [-0.3, -0.25) is 19.5 Å². The number of rotatable bonds is 6. The molecule has 1 aromatic heterocycles. The van der Waals surface area contributed by atoms with E-state index in [1.54, 1.807) is 12.3 Å². The van der Waals surface area contributed by atoms with Crippen LogP contribution in [-0.4, -0.2) is 84.9 Å². The van der Waals surface area contributed by atoms with Crippen LogP contribution >= 0.6 is 0 Å². The molecule has 2 amide bonds. The lowest BCUT2D eigenvalue weighted by Crippen LogP contribution is -2.49. The highest BCUT2D eigenvalue weighted by Gasteiger charge is 2.39. The summed E-state index contributed by atoms with van der Waals surface area (Å²) in [4.78, 5) is 37.8. The lowest BCUT2D eigenvalue weighted by molar-refractivity contribution is -0.118. The Morgan fingerprint density at radius 1 is 1.24 bits per heavy atom. The highest BCUT2D eigenvalue weighted by Crippen LogP contribution is 2.25. The maximum absolute atomic E-state index is 13.0. The second kappa shape index (κ2) is 9.05. The molecule has 0 spiro atoms. The Balaban J connectivity index is 1.12. The Kier molecular flexibility index (Phi) is 5.97. The fourth-order valence-corrected chi connectivity index (χ4v) is 4.50. The topological polar surface area (TPSA) is 89.9 Å². The molecular weight excluding hydrogens is 423 g/mol. The Morgan fingerprint density at radius 3 is 2.70 bits per heavy atom. The van der Waals surface area contributed by atoms with Crippen LogP contribution in [0.2, 0.25) is 0 Å². The van der Waals surface area contributed by atoms with Crippen molar-refractivity contribution in [2.45, 2.75) is 44.1 Å². The first-order valence-electron chi connectivity index (χ1n) is 11.6. The van der Waals surface area contributed by atoms with E-state index in [0.29, 0.717) is 12.1 Å². The van der Waals surface area contributed by atoms with Gasteiger partial charge in [-0.25, -0.2) is 9.37 Å². The fraction of sp³-hybridized carbons (Fsp3) is 0.500. The molecule has 0 aromatic carbocycles. The summed E-state index contributed by atoms with van der Waals surface area (Å²) in [5.74, 6) is -0.312. The first-order chi connectivity index (χ1) is 16.0. The van der Waals surface area contributed by atoms with Gasteiger partial charge in [-0.2, -0.15) is 0 Å². The normalized spacial score (nSPS) is 29.0. The van der Waals surface area contributed by atoms with Gasteiger partial charge in [-0.1, -0.05) is 13.0 Å². The number of aliphatic imine (C=N–C) groups is 1. The van der Waals surface area contributed by atoms with E-state index in [0.717, 1.165) is 56.0 Å². The van der Waals surface area contributed by atoms with E-state index < -0.39 is 6.17 Å². The molecule has 5 rings (SSSR count). The van der Waals surface area contributed by atoms with Gasteiger partial charge in [0.2, 0.25) is 5.91 Å². The molecule has 2 N–H and O–H groups in total. The van der Waals surface area contributed by atoms with Crippen molar-refractivity contribution in [3.63, 3.8) is 0 Å². The summed E-state index contributed by atoms with van der Waals surface area (Å²) in [6.45, 7) is 6.29. The van der Waals surface area contributed by atoms with Crippen LogP contribution < -0.4 is 15.5 Å². The van der Waals surface area contributed by atoms with Gasteiger partial charge in [-0.05, 0) is 30.2 Å². The minimum Gasteiger partial charge on any atom is -0.368 e. The average Bonchev–Trinajstić information content (AvgIpc) is 3.53. The predicted octanol–water partition coefficient (Wildman–Crippen LogP) is 1.26. The summed E-state index contributed by atoms with van der Waals surface area (Å²) in [7, 11) is 0. The Labute approximate surface area is 192 Å². The second-order valence-electron chi connectivity index (χ2n) is 9.05. The first-order valence-corrected chi connectivity index (χ1v) is 11.6. The summed E-state index contributed by atoms with van der Waals surface area (Å²) in [5.41, 5.74) is 3.22. The van der Waals surface area contributed by atoms with Crippen LogP contribution in [0.3, 0.4) is 0 Å². The fourth-order valence-electron chi connectivity index (χ4n) is 4.50. The highest BCUT2D eigenvalue weighted by molar-refractivity contribution is 5.95. The van der Waals surface area contributed by atoms with Crippen LogP contribution in [0.1, 0.15) is 30.3 Å². The minimum absolute atomic E-state index is 0.00141. The van der Waals surface area contributed by atoms with Gasteiger partial charge in [0.05, 0.1) is 30.0 Å². The molecule has 1 aliphatic carbocycles. The van der Waals surface area contributed by atoms with Crippen molar-refractivity contribution in [3.8, 4) is 0 Å². The summed E-state index contributed by atoms with van der Waals surface area (Å²) in [6, 6.07) is 3.17. The van der Waals surface area contributed by atoms with Crippen molar-refractivity contribution in [1.29, 1.82) is 0 Å². The zero-order valence-corrected chi connectivity index (χ0v) is 18.7. The number of hydrogen-bond donors (Lipinski definition) is 2. The van der Waals surface area contributed by atoms with Crippen molar-refractivity contribution in [3.05, 3.63) is 47.3 Å². The van der Waals surface area contributed by atoms with E-state index in [2.05, 4.69) is 36.5 Å². The summed E-state index contributed by atoms with van der Waals surface area (Å²) in [5, 5.41) is 5.71. The number of amides is 2. The molecule has 3 aliphatic heterocycles. The van der Waals surface area contributed by atoms with Crippen molar-refractivity contribution in [1.82, 2.24) is 20.5 Å². The lowest BCUT2D eigenvalue weighted by atomic mass is 9.94. The van der Waals surface area contributed by atoms with E-state index in [1.165, 1.54) is 0 Å². The van der Waals surface area contributed by atoms with Crippen LogP contribution in [-0.2, 0) is 4.79 Å². The van der Waals surface area contributed by atoms with E-state index in [1.807, 2.05) is 25.3 Å². The largest absolute Gasteiger partial charge is 0.368 e. The standard InChI is InChI=1S/C24H29FN6O2/c1-2-16-10-21-22(29-23(16)32)9-15(12-26-21)14-30-5-7-31(8-6-30)17-3-4-19(27-13-17)24(33)28-20-11-18(20)25/h3-4,9-10,12-13,18,20-22H,2,5-8,11,14H2,1H3,(H,28,33)(H,29,32)/t18-,20+,21?,22?/m0/s1. The molecule has 8 nitrogen and oxygen atoms in total. The number of pyridine rings is 1. The van der Waals surface area contributed by atoms with E-state index >= 15 is 0 Å². The predicted molar refractivity (Wildman–Crippen MR) is 124 cm³/mol. The number of carbonyl (C=O) groups is 2. The molecule has 9 heteroatoms. The molecule has 4 aliphatic rings. The maximum atomic E-state index is 13.0. The van der Waals surface area contributed by atoms with Crippen LogP contribution in [0.25, 0.3) is 0 Å². The van der Waals surface area contributed by atoms with Crippen LogP contribution in [0, 0.1) is 0 Å². The number of hydrogen-bond acceptors (Lipinski definition) is 6. The zero-order valence-electron chi connectivity index (χ0n) is 18.7. The first kappa shape index (κ1) is 21.8.